The Morgan fingerprint density at radius 3 is 1.81 bits per heavy atom. The van der Waals surface area contributed by atoms with Crippen LogP contribution in [-0.4, -0.2) is 6.85 Å². The first-order chi connectivity index (χ1) is 28.7. The number of anilines is 5. The molecule has 7 aromatic carbocycles. The quantitative estimate of drug-likeness (QED) is 0.142. The zero-order chi connectivity index (χ0) is 40.2. The van der Waals surface area contributed by atoms with Crippen LogP contribution < -0.4 is 20.6 Å². The predicted octanol–water partition coefficient (Wildman–Crippen LogP) is 13.7. The van der Waals surface area contributed by atoms with Gasteiger partial charge in [-0.1, -0.05) is 145 Å². The zero-order valence-electron chi connectivity index (χ0n) is 35.5. The van der Waals surface area contributed by atoms with Crippen molar-refractivity contribution in [3.05, 3.63) is 173 Å². The van der Waals surface area contributed by atoms with Crippen molar-refractivity contribution in [2.75, 3.05) is 9.71 Å². The second-order valence-electron chi connectivity index (χ2n) is 18.6. The van der Waals surface area contributed by atoms with Gasteiger partial charge in [0.1, 0.15) is 0 Å². The van der Waals surface area contributed by atoms with Crippen molar-refractivity contribution < 1.29 is 0 Å². The molecule has 0 N–H and O–H groups in total. The molecule has 2 aliphatic heterocycles. The number of benzene rings is 7. The van der Waals surface area contributed by atoms with Gasteiger partial charge in [-0.15, -0.1) is 0 Å². The van der Waals surface area contributed by atoms with Crippen molar-refractivity contribution in [1.82, 2.24) is 0 Å². The first-order valence-corrected chi connectivity index (χ1v) is 22.2. The summed E-state index contributed by atoms with van der Waals surface area (Å²) in [5.41, 5.74) is 25.5. The lowest BCUT2D eigenvalue weighted by Crippen LogP contribution is -2.62. The minimum atomic E-state index is -0.196. The Hall–Kier alpha value is -5.80. The monoisotopic (exact) mass is 764 g/mol. The van der Waals surface area contributed by atoms with E-state index >= 15 is 0 Å². The molecule has 4 aliphatic rings. The molecule has 0 amide bonds. The number of hydrogen-bond acceptors (Lipinski definition) is 2. The Kier molecular flexibility index (Phi) is 8.22. The van der Waals surface area contributed by atoms with Gasteiger partial charge in [0, 0.05) is 44.8 Å². The standard InChI is InChI=1S/C56H53BN2/c1-7-9-18-36-26-29-38(30-27-36)58-49-31-28-37(19-10-8-2)32-48(49)57-54-51(58)34-43-41-23-15-17-25-46(41)56(5,6)53(43)52(54)44-33-42-40-22-14-16-24-45(40)55(3,4)47(42)35-50(44)59(57)39-20-12-11-13-21-39/h11-17,20-35H,7-10,18-19H2,1-6H3. The van der Waals surface area contributed by atoms with Crippen LogP contribution in [0.2, 0.25) is 0 Å². The fourth-order valence-electron chi connectivity index (χ4n) is 11.4. The largest absolute Gasteiger partial charge is 0.376 e. The number of hydrogen-bond donors (Lipinski definition) is 0. The average molecular weight is 765 g/mol. The molecule has 0 spiro atoms. The van der Waals surface area contributed by atoms with Gasteiger partial charge in [-0.05, 0) is 146 Å². The lowest BCUT2D eigenvalue weighted by atomic mass is 9.42. The van der Waals surface area contributed by atoms with E-state index in [4.69, 9.17) is 0 Å². The molecule has 0 aromatic heterocycles. The molecule has 7 aromatic rings. The summed E-state index contributed by atoms with van der Waals surface area (Å²) in [6.45, 7) is 14.3. The van der Waals surface area contributed by atoms with E-state index in [2.05, 4.69) is 191 Å². The molecule has 0 unspecified atom stereocenters. The second kappa shape index (κ2) is 13.4. The van der Waals surface area contributed by atoms with E-state index in [1.165, 1.54) is 132 Å². The van der Waals surface area contributed by atoms with Crippen LogP contribution in [0.15, 0.2) is 140 Å². The first-order valence-electron chi connectivity index (χ1n) is 22.2. The topological polar surface area (TPSA) is 6.48 Å². The van der Waals surface area contributed by atoms with Crippen LogP contribution in [0.4, 0.5) is 28.4 Å². The van der Waals surface area contributed by atoms with Crippen LogP contribution in [0, 0.1) is 0 Å². The van der Waals surface area contributed by atoms with Crippen molar-refractivity contribution in [3.63, 3.8) is 0 Å². The summed E-state index contributed by atoms with van der Waals surface area (Å²) >= 11 is 0. The molecule has 0 radical (unpaired) electrons. The van der Waals surface area contributed by atoms with E-state index in [1.807, 2.05) is 0 Å². The molecule has 2 aliphatic carbocycles. The smallest absolute Gasteiger partial charge is 0.333 e. The zero-order valence-corrected chi connectivity index (χ0v) is 35.5. The van der Waals surface area contributed by atoms with E-state index < -0.39 is 0 Å². The van der Waals surface area contributed by atoms with E-state index in [0.717, 1.165) is 12.8 Å². The number of nitrogens with zero attached hydrogens (tertiary/aromatic N) is 2. The van der Waals surface area contributed by atoms with Crippen molar-refractivity contribution in [2.24, 2.45) is 0 Å². The van der Waals surface area contributed by atoms with Crippen LogP contribution in [0.5, 0.6) is 0 Å². The Labute approximate surface area is 351 Å². The molecular formula is C56H53BN2. The molecule has 290 valence electrons. The highest BCUT2D eigenvalue weighted by Crippen LogP contribution is 2.60. The third kappa shape index (κ3) is 5.19. The normalized spacial score (nSPS) is 15.5. The Morgan fingerprint density at radius 1 is 0.475 bits per heavy atom. The van der Waals surface area contributed by atoms with E-state index in [9.17, 15) is 0 Å². The lowest BCUT2D eigenvalue weighted by Gasteiger charge is -2.47. The van der Waals surface area contributed by atoms with Crippen LogP contribution >= 0.6 is 0 Å². The van der Waals surface area contributed by atoms with Crippen molar-refractivity contribution in [3.8, 4) is 33.4 Å². The van der Waals surface area contributed by atoms with Gasteiger partial charge in [0.05, 0.1) is 0 Å². The number of rotatable bonds is 8. The van der Waals surface area contributed by atoms with Crippen LogP contribution in [0.1, 0.15) is 101 Å². The molecule has 0 fully saturated rings. The van der Waals surface area contributed by atoms with Crippen LogP contribution in [0.25, 0.3) is 33.4 Å². The lowest BCUT2D eigenvalue weighted by molar-refractivity contribution is 0.659. The minimum Gasteiger partial charge on any atom is -0.376 e. The molecule has 0 bridgehead atoms. The van der Waals surface area contributed by atoms with Gasteiger partial charge < -0.3 is 9.71 Å². The van der Waals surface area contributed by atoms with Gasteiger partial charge in [0.2, 0.25) is 0 Å². The molecule has 2 nitrogen and oxygen atoms in total. The maximum absolute atomic E-state index is 2.72. The van der Waals surface area contributed by atoms with Gasteiger partial charge in [-0.25, -0.2) is 0 Å². The third-order valence-electron chi connectivity index (χ3n) is 14.4. The van der Waals surface area contributed by atoms with Gasteiger partial charge in [0.25, 0.3) is 0 Å². The SMILES string of the molecule is CCCCc1ccc(N2c3ccc(CCCC)cc3B3c4c2cc2c(c4-c4cc5c(cc4N3c3ccccc3)C(C)(C)c3ccccc3-5)C(C)(C)c3ccccc3-2)cc1. The Morgan fingerprint density at radius 2 is 1.10 bits per heavy atom. The minimum absolute atomic E-state index is 0.0266. The number of aryl methyl sites for hydroxylation is 2. The average Bonchev–Trinajstić information content (AvgIpc) is 3.63. The summed E-state index contributed by atoms with van der Waals surface area (Å²) in [4.78, 5) is 5.33. The first kappa shape index (κ1) is 36.3. The van der Waals surface area contributed by atoms with E-state index in [-0.39, 0.29) is 17.7 Å². The number of para-hydroxylation sites is 1. The third-order valence-corrected chi connectivity index (χ3v) is 14.4. The Balaban J connectivity index is 1.29. The Bertz CT molecular complexity index is 2810. The maximum Gasteiger partial charge on any atom is 0.333 e. The highest BCUT2D eigenvalue weighted by molar-refractivity contribution is 6.93. The van der Waals surface area contributed by atoms with Crippen molar-refractivity contribution in [1.29, 1.82) is 0 Å². The van der Waals surface area contributed by atoms with Crippen molar-refractivity contribution in [2.45, 2.75) is 90.9 Å². The molecule has 11 rings (SSSR count). The summed E-state index contributed by atoms with van der Waals surface area (Å²) in [7, 11) is 0. The van der Waals surface area contributed by atoms with Gasteiger partial charge in [0.15, 0.2) is 0 Å². The van der Waals surface area contributed by atoms with Crippen LogP contribution in [-0.2, 0) is 23.7 Å². The van der Waals surface area contributed by atoms with Crippen LogP contribution in [0.3, 0.4) is 0 Å². The highest BCUT2D eigenvalue weighted by Gasteiger charge is 2.51. The molecule has 0 saturated heterocycles. The van der Waals surface area contributed by atoms with Gasteiger partial charge >= 0.3 is 6.85 Å². The van der Waals surface area contributed by atoms with Gasteiger partial charge in [-0.3, -0.25) is 0 Å². The summed E-state index contributed by atoms with van der Waals surface area (Å²) in [5, 5.41) is 0. The second-order valence-corrected chi connectivity index (χ2v) is 18.6. The molecule has 0 saturated carbocycles. The summed E-state index contributed by atoms with van der Waals surface area (Å²) < 4.78 is 0. The van der Waals surface area contributed by atoms with E-state index in [0.29, 0.717) is 0 Å². The molecule has 0 atom stereocenters. The maximum atomic E-state index is 2.72. The van der Waals surface area contributed by atoms with Crippen molar-refractivity contribution >= 4 is 46.2 Å². The highest BCUT2D eigenvalue weighted by atomic mass is 15.2. The van der Waals surface area contributed by atoms with E-state index in [1.54, 1.807) is 0 Å². The molecule has 2 heterocycles. The number of fused-ring (bicyclic) bond motifs is 11. The molecule has 3 heteroatoms. The number of unbranched alkanes of at least 4 members (excludes halogenated alkanes) is 2. The fraction of sp³-hybridized carbons (Fsp3) is 0.250. The summed E-state index contributed by atoms with van der Waals surface area (Å²) in [6, 6.07) is 54.3. The molecular weight excluding hydrogens is 711 g/mol. The molecule has 59 heavy (non-hydrogen) atoms. The fourth-order valence-corrected chi connectivity index (χ4v) is 11.4. The summed E-state index contributed by atoms with van der Waals surface area (Å²) in [6.07, 6.45) is 6.97. The van der Waals surface area contributed by atoms with Gasteiger partial charge in [-0.2, -0.15) is 0 Å². The predicted molar refractivity (Wildman–Crippen MR) is 253 cm³/mol. The summed E-state index contributed by atoms with van der Waals surface area (Å²) in [5.74, 6) is 0.